The number of likely N-dealkylation sites (N-methyl/N-ethyl adjacent to an activating group) is 1. The first kappa shape index (κ1) is 23.3. The third-order valence-corrected chi connectivity index (χ3v) is 11.5. The van der Waals surface area contributed by atoms with Crippen LogP contribution in [0.1, 0.15) is 85.5 Å². The maximum Gasteiger partial charge on any atom is 0.0746 e. The number of aliphatic hydroxyl groups excluding tert-OH is 2. The van der Waals surface area contributed by atoms with Crippen LogP contribution in [0.4, 0.5) is 0 Å². The molecular weight excluding hydrogens is 398 g/mol. The predicted molar refractivity (Wildman–Crippen MR) is 128 cm³/mol. The Hall–Kier alpha value is -0.420. The van der Waals surface area contributed by atoms with Crippen molar-refractivity contribution in [3.63, 3.8) is 0 Å². The van der Waals surface area contributed by atoms with Gasteiger partial charge >= 0.3 is 0 Å². The molecule has 4 fully saturated rings. The van der Waals surface area contributed by atoms with Crippen molar-refractivity contribution in [2.45, 2.75) is 109 Å². The molecule has 0 spiro atoms. The Morgan fingerprint density at radius 1 is 1.03 bits per heavy atom. The summed E-state index contributed by atoms with van der Waals surface area (Å²) in [6.45, 7) is 10.1. The van der Waals surface area contributed by atoms with E-state index in [4.69, 9.17) is 0 Å². The zero-order chi connectivity index (χ0) is 23.1. The quantitative estimate of drug-likeness (QED) is 0.552. The van der Waals surface area contributed by atoms with E-state index in [9.17, 15) is 15.3 Å². The molecule has 5 aliphatic rings. The highest BCUT2D eigenvalue weighted by Gasteiger charge is 2.62. The Morgan fingerprint density at radius 3 is 2.50 bits per heavy atom. The van der Waals surface area contributed by atoms with E-state index >= 15 is 0 Å². The van der Waals surface area contributed by atoms with Gasteiger partial charge in [-0.15, -0.1) is 0 Å². The maximum absolute atomic E-state index is 11.5. The van der Waals surface area contributed by atoms with Gasteiger partial charge in [0, 0.05) is 12.6 Å². The number of fused-ring (bicyclic) bond motifs is 5. The van der Waals surface area contributed by atoms with E-state index in [1.165, 1.54) is 18.4 Å². The SMILES string of the molecule is C[C@@H]([C@H]1[C@@H](O)C[C@H]2[C@H]3CC=C4C[C@@H](O)CC[C@]4(C)[C@@H]3CC[C@]12C)[C@H]1CC[C@](C)(O)CN1C. The summed E-state index contributed by atoms with van der Waals surface area (Å²) < 4.78 is 0. The molecule has 4 nitrogen and oxygen atoms in total. The Morgan fingerprint density at radius 2 is 1.78 bits per heavy atom. The van der Waals surface area contributed by atoms with E-state index < -0.39 is 5.60 Å². The van der Waals surface area contributed by atoms with Crippen molar-refractivity contribution < 1.29 is 15.3 Å². The van der Waals surface area contributed by atoms with Crippen LogP contribution < -0.4 is 0 Å². The molecule has 0 unspecified atom stereocenters. The summed E-state index contributed by atoms with van der Waals surface area (Å²) in [7, 11) is 2.17. The average molecular weight is 446 g/mol. The van der Waals surface area contributed by atoms with E-state index in [0.29, 0.717) is 35.6 Å². The monoisotopic (exact) mass is 445 g/mol. The van der Waals surface area contributed by atoms with Crippen molar-refractivity contribution in [1.82, 2.24) is 4.90 Å². The van der Waals surface area contributed by atoms with Crippen molar-refractivity contribution in [3.8, 4) is 0 Å². The van der Waals surface area contributed by atoms with Crippen LogP contribution in [-0.2, 0) is 0 Å². The number of piperidine rings is 1. The van der Waals surface area contributed by atoms with Gasteiger partial charge in [0.15, 0.2) is 0 Å². The highest BCUT2D eigenvalue weighted by Crippen LogP contribution is 2.67. The van der Waals surface area contributed by atoms with Crippen LogP contribution in [0.2, 0.25) is 0 Å². The molecule has 0 aromatic rings. The molecular formula is C28H47NO3. The number of likely N-dealkylation sites (tertiary alicyclic amines) is 1. The standard InChI is InChI=1S/C28H47NO3/c1-17(23-10-11-26(2,32)16-29(23)5)25-24(31)15-22-20-7-6-18-14-19(30)8-12-27(18,3)21(20)9-13-28(22,25)4/h6,17,19-25,30-32H,7-16H2,1-5H3/t17-,19+,20+,21-,22+,23-,24+,25+,26+,27+,28+/m1/s1. The van der Waals surface area contributed by atoms with Gasteiger partial charge in [-0.2, -0.15) is 0 Å². The second-order valence-electron chi connectivity index (χ2n) is 13.4. The summed E-state index contributed by atoms with van der Waals surface area (Å²) in [5.41, 5.74) is 1.41. The third kappa shape index (κ3) is 3.46. The van der Waals surface area contributed by atoms with Gasteiger partial charge in [0.1, 0.15) is 0 Å². The summed E-state index contributed by atoms with van der Waals surface area (Å²) in [5.74, 6) is 2.77. The smallest absolute Gasteiger partial charge is 0.0746 e. The number of allylic oxidation sites excluding steroid dienone is 1. The van der Waals surface area contributed by atoms with Crippen molar-refractivity contribution in [2.24, 2.45) is 40.4 Å². The molecule has 4 aliphatic carbocycles. The molecule has 4 heteroatoms. The van der Waals surface area contributed by atoms with Crippen LogP contribution in [0.3, 0.4) is 0 Å². The Balaban J connectivity index is 1.39. The molecule has 32 heavy (non-hydrogen) atoms. The van der Waals surface area contributed by atoms with E-state index in [1.54, 1.807) is 0 Å². The second kappa shape index (κ2) is 7.80. The lowest BCUT2D eigenvalue weighted by molar-refractivity contribution is -0.0867. The normalized spacial score (nSPS) is 54.9. The van der Waals surface area contributed by atoms with Crippen molar-refractivity contribution in [1.29, 1.82) is 0 Å². The van der Waals surface area contributed by atoms with E-state index in [-0.39, 0.29) is 23.0 Å². The van der Waals surface area contributed by atoms with Gasteiger partial charge in [-0.1, -0.05) is 32.4 Å². The molecule has 0 bridgehead atoms. The van der Waals surface area contributed by atoms with Gasteiger partial charge in [0.2, 0.25) is 0 Å². The fraction of sp³-hybridized carbons (Fsp3) is 0.929. The Labute approximate surface area is 195 Å². The fourth-order valence-electron chi connectivity index (χ4n) is 9.96. The summed E-state index contributed by atoms with van der Waals surface area (Å²) in [5, 5.41) is 32.3. The molecule has 0 aromatic heterocycles. The Kier molecular flexibility index (Phi) is 5.68. The molecule has 0 amide bonds. The molecule has 1 aliphatic heterocycles. The summed E-state index contributed by atoms with van der Waals surface area (Å²) in [4.78, 5) is 2.37. The molecule has 5 rings (SSSR count). The topological polar surface area (TPSA) is 63.9 Å². The van der Waals surface area contributed by atoms with Crippen LogP contribution >= 0.6 is 0 Å². The number of aliphatic hydroxyl groups is 3. The van der Waals surface area contributed by atoms with Crippen molar-refractivity contribution >= 4 is 0 Å². The first-order chi connectivity index (χ1) is 15.0. The average Bonchev–Trinajstić information content (AvgIpc) is 2.97. The predicted octanol–water partition coefficient (Wildman–Crippen LogP) is 4.38. The van der Waals surface area contributed by atoms with Crippen LogP contribution in [0.25, 0.3) is 0 Å². The zero-order valence-corrected chi connectivity index (χ0v) is 21.1. The van der Waals surface area contributed by atoms with Crippen LogP contribution in [0.15, 0.2) is 11.6 Å². The fourth-order valence-corrected chi connectivity index (χ4v) is 9.96. The largest absolute Gasteiger partial charge is 0.393 e. The van der Waals surface area contributed by atoms with Crippen LogP contribution in [0, 0.1) is 40.4 Å². The van der Waals surface area contributed by atoms with Gasteiger partial charge in [0.25, 0.3) is 0 Å². The van der Waals surface area contributed by atoms with Crippen LogP contribution in [-0.4, -0.2) is 57.7 Å². The molecule has 0 radical (unpaired) electrons. The molecule has 0 aromatic carbocycles. The lowest BCUT2D eigenvalue weighted by Gasteiger charge is -2.58. The zero-order valence-electron chi connectivity index (χ0n) is 21.1. The number of rotatable bonds is 2. The second-order valence-corrected chi connectivity index (χ2v) is 13.4. The number of hydrogen-bond donors (Lipinski definition) is 3. The van der Waals surface area contributed by atoms with Crippen molar-refractivity contribution in [2.75, 3.05) is 13.6 Å². The minimum atomic E-state index is -0.584. The molecule has 1 heterocycles. The minimum Gasteiger partial charge on any atom is -0.393 e. The van der Waals surface area contributed by atoms with Gasteiger partial charge in [-0.25, -0.2) is 0 Å². The first-order valence-electron chi connectivity index (χ1n) is 13.4. The van der Waals surface area contributed by atoms with Crippen molar-refractivity contribution in [3.05, 3.63) is 11.6 Å². The highest BCUT2D eigenvalue weighted by molar-refractivity contribution is 5.25. The molecule has 182 valence electrons. The van der Waals surface area contributed by atoms with Crippen LogP contribution in [0.5, 0.6) is 0 Å². The molecule has 1 saturated heterocycles. The number of hydrogen-bond acceptors (Lipinski definition) is 4. The number of β-amino-alcohol motifs (C(OH)–C–C–N with tert-alkyl or cyclic N) is 1. The third-order valence-electron chi connectivity index (χ3n) is 11.5. The van der Waals surface area contributed by atoms with Gasteiger partial charge < -0.3 is 20.2 Å². The number of nitrogens with zero attached hydrogens (tertiary/aromatic N) is 1. The van der Waals surface area contributed by atoms with Gasteiger partial charge in [-0.05, 0) is 112 Å². The maximum atomic E-state index is 11.5. The molecule has 3 saturated carbocycles. The van der Waals surface area contributed by atoms with E-state index in [0.717, 1.165) is 51.5 Å². The lowest BCUT2D eigenvalue weighted by atomic mass is 9.47. The highest BCUT2D eigenvalue weighted by atomic mass is 16.3. The summed E-state index contributed by atoms with van der Waals surface area (Å²) in [6.07, 6.45) is 11.6. The minimum absolute atomic E-state index is 0.147. The lowest BCUT2D eigenvalue weighted by Crippen LogP contribution is -2.55. The molecule has 3 N–H and O–H groups in total. The Bertz CT molecular complexity index is 764. The summed E-state index contributed by atoms with van der Waals surface area (Å²) >= 11 is 0. The summed E-state index contributed by atoms with van der Waals surface area (Å²) in [6, 6.07) is 0.443. The molecule has 11 atom stereocenters. The van der Waals surface area contributed by atoms with E-state index in [1.807, 2.05) is 6.92 Å². The first-order valence-corrected chi connectivity index (χ1v) is 13.4. The van der Waals surface area contributed by atoms with E-state index in [2.05, 4.69) is 38.8 Å². The van der Waals surface area contributed by atoms with Gasteiger partial charge in [0.05, 0.1) is 17.8 Å². The van der Waals surface area contributed by atoms with Gasteiger partial charge in [-0.3, -0.25) is 0 Å².